The van der Waals surface area contributed by atoms with E-state index in [1.165, 1.54) is 12.1 Å². The first-order chi connectivity index (χ1) is 9.15. The number of halogens is 1. The maximum atomic E-state index is 13.0. The normalized spacial score (nSPS) is 16.8. The van der Waals surface area contributed by atoms with Crippen molar-refractivity contribution in [3.05, 3.63) is 47.4 Å². The quantitative estimate of drug-likeness (QED) is 0.837. The Hall–Kier alpha value is -1.71. The molecule has 2 aromatic rings. The van der Waals surface area contributed by atoms with E-state index in [2.05, 4.69) is 24.0 Å². The minimum atomic E-state index is -0.226. The topological polar surface area (TPSA) is 38.9 Å². The summed E-state index contributed by atoms with van der Waals surface area (Å²) in [6, 6.07) is 6.54. The van der Waals surface area contributed by atoms with E-state index in [4.69, 9.17) is 4.52 Å². The van der Waals surface area contributed by atoms with Crippen molar-refractivity contribution in [3.63, 3.8) is 0 Å². The fourth-order valence-electron chi connectivity index (χ4n) is 2.36. The van der Waals surface area contributed by atoms with Crippen LogP contribution in [0.25, 0.3) is 0 Å². The molecule has 0 spiro atoms. The van der Waals surface area contributed by atoms with Crippen LogP contribution in [0.5, 0.6) is 0 Å². The Balaban J connectivity index is 1.92. The zero-order valence-corrected chi connectivity index (χ0v) is 11.1. The Morgan fingerprint density at radius 1 is 1.21 bits per heavy atom. The van der Waals surface area contributed by atoms with Crippen LogP contribution < -0.4 is 0 Å². The van der Waals surface area contributed by atoms with E-state index in [1.807, 2.05) is 0 Å². The molecular weight excluding hydrogens is 243 g/mol. The summed E-state index contributed by atoms with van der Waals surface area (Å²) >= 11 is 0. The first-order valence-corrected chi connectivity index (χ1v) is 6.74. The van der Waals surface area contributed by atoms with Gasteiger partial charge in [-0.1, -0.05) is 31.1 Å². The Morgan fingerprint density at radius 2 is 1.89 bits per heavy atom. The van der Waals surface area contributed by atoms with E-state index in [-0.39, 0.29) is 11.7 Å². The van der Waals surface area contributed by atoms with Crippen LogP contribution in [0.15, 0.2) is 28.8 Å². The molecule has 4 heteroatoms. The highest BCUT2D eigenvalue weighted by molar-refractivity contribution is 5.26. The van der Waals surface area contributed by atoms with Crippen molar-refractivity contribution in [2.75, 3.05) is 0 Å². The lowest BCUT2D eigenvalue weighted by molar-refractivity contribution is 0.338. The number of rotatable bonds is 4. The molecule has 0 N–H and O–H groups in total. The van der Waals surface area contributed by atoms with Crippen molar-refractivity contribution in [3.8, 4) is 0 Å². The van der Waals surface area contributed by atoms with E-state index in [1.54, 1.807) is 12.1 Å². The van der Waals surface area contributed by atoms with Crippen molar-refractivity contribution >= 4 is 0 Å². The predicted molar refractivity (Wildman–Crippen MR) is 69.4 cm³/mol. The van der Waals surface area contributed by atoms with Crippen molar-refractivity contribution in [2.24, 2.45) is 5.92 Å². The van der Waals surface area contributed by atoms with E-state index >= 15 is 0 Å². The second-order valence-corrected chi connectivity index (χ2v) is 5.54. The van der Waals surface area contributed by atoms with Crippen LogP contribution >= 0.6 is 0 Å². The summed E-state index contributed by atoms with van der Waals surface area (Å²) in [5.74, 6) is 2.07. The molecule has 0 radical (unpaired) electrons. The van der Waals surface area contributed by atoms with Crippen LogP contribution in [0.3, 0.4) is 0 Å². The first-order valence-electron chi connectivity index (χ1n) is 6.74. The molecule has 0 unspecified atom stereocenters. The molecule has 0 aliphatic heterocycles. The van der Waals surface area contributed by atoms with Crippen LogP contribution in [0, 0.1) is 11.7 Å². The molecule has 1 saturated carbocycles. The van der Waals surface area contributed by atoms with Gasteiger partial charge in [0.15, 0.2) is 5.82 Å². The molecule has 100 valence electrons. The van der Waals surface area contributed by atoms with Gasteiger partial charge < -0.3 is 4.52 Å². The molecule has 1 aromatic carbocycles. The van der Waals surface area contributed by atoms with Gasteiger partial charge in [-0.2, -0.15) is 4.98 Å². The maximum absolute atomic E-state index is 13.0. The summed E-state index contributed by atoms with van der Waals surface area (Å²) in [4.78, 5) is 4.52. The van der Waals surface area contributed by atoms with Gasteiger partial charge >= 0.3 is 0 Å². The van der Waals surface area contributed by atoms with Gasteiger partial charge in [0.05, 0.1) is 5.92 Å². The molecule has 3 nitrogen and oxygen atoms in total. The second kappa shape index (κ2) is 4.76. The minimum Gasteiger partial charge on any atom is -0.339 e. The Bertz CT molecular complexity index is 558. The van der Waals surface area contributed by atoms with Crippen molar-refractivity contribution < 1.29 is 8.91 Å². The maximum Gasteiger partial charge on any atom is 0.234 e. The summed E-state index contributed by atoms with van der Waals surface area (Å²) < 4.78 is 18.4. The van der Waals surface area contributed by atoms with Gasteiger partial charge in [0, 0.05) is 5.92 Å². The third-order valence-corrected chi connectivity index (χ3v) is 3.56. The van der Waals surface area contributed by atoms with Crippen LogP contribution in [-0.2, 0) is 0 Å². The van der Waals surface area contributed by atoms with Crippen molar-refractivity contribution in [2.45, 2.75) is 38.5 Å². The van der Waals surface area contributed by atoms with Gasteiger partial charge in [-0.15, -0.1) is 0 Å². The minimum absolute atomic E-state index is 0.0283. The van der Waals surface area contributed by atoms with E-state index in [9.17, 15) is 4.39 Å². The third kappa shape index (κ3) is 2.53. The zero-order chi connectivity index (χ0) is 13.4. The van der Waals surface area contributed by atoms with Crippen molar-refractivity contribution in [1.82, 2.24) is 10.1 Å². The second-order valence-electron chi connectivity index (χ2n) is 5.54. The average Bonchev–Trinajstić information content (AvgIpc) is 3.12. The van der Waals surface area contributed by atoms with Crippen LogP contribution in [0.2, 0.25) is 0 Å². The molecule has 0 amide bonds. The molecule has 1 aliphatic carbocycles. The predicted octanol–water partition coefficient (Wildman–Crippen LogP) is 3.87. The van der Waals surface area contributed by atoms with Gasteiger partial charge in [-0.25, -0.2) is 4.39 Å². The summed E-state index contributed by atoms with van der Waals surface area (Å²) in [7, 11) is 0. The van der Waals surface area contributed by atoms with Crippen LogP contribution in [0.1, 0.15) is 55.8 Å². The molecule has 0 bridgehead atoms. The van der Waals surface area contributed by atoms with Gasteiger partial charge in [-0.05, 0) is 36.5 Å². The molecule has 1 fully saturated rings. The van der Waals surface area contributed by atoms with Gasteiger partial charge in [0.1, 0.15) is 5.82 Å². The van der Waals surface area contributed by atoms with Crippen LogP contribution in [-0.4, -0.2) is 10.1 Å². The zero-order valence-electron chi connectivity index (χ0n) is 11.1. The molecule has 1 aromatic heterocycles. The fourth-order valence-corrected chi connectivity index (χ4v) is 2.36. The molecule has 1 heterocycles. The lowest BCUT2D eigenvalue weighted by atomic mass is 9.88. The molecule has 3 rings (SSSR count). The summed E-state index contributed by atoms with van der Waals surface area (Å²) in [5.41, 5.74) is 1.02. The molecule has 0 saturated heterocycles. The number of hydrogen-bond donors (Lipinski definition) is 0. The molecule has 1 aliphatic rings. The number of benzene rings is 1. The van der Waals surface area contributed by atoms with Gasteiger partial charge in [0.25, 0.3) is 0 Å². The van der Waals surface area contributed by atoms with Gasteiger partial charge in [-0.3, -0.25) is 0 Å². The van der Waals surface area contributed by atoms with Crippen LogP contribution in [0.4, 0.5) is 4.39 Å². The number of hydrogen-bond acceptors (Lipinski definition) is 3. The Labute approximate surface area is 111 Å². The Morgan fingerprint density at radius 3 is 2.47 bits per heavy atom. The lowest BCUT2D eigenvalue weighted by Crippen LogP contribution is -2.09. The van der Waals surface area contributed by atoms with E-state index < -0.39 is 0 Å². The van der Waals surface area contributed by atoms with Gasteiger partial charge in [0.2, 0.25) is 5.89 Å². The highest BCUT2D eigenvalue weighted by Crippen LogP contribution is 2.39. The number of aromatic nitrogens is 2. The molecular formula is C15H17FN2O. The molecule has 19 heavy (non-hydrogen) atoms. The van der Waals surface area contributed by atoms with E-state index in [0.29, 0.717) is 17.7 Å². The average molecular weight is 260 g/mol. The lowest BCUT2D eigenvalue weighted by Gasteiger charge is -2.17. The largest absolute Gasteiger partial charge is 0.339 e. The monoisotopic (exact) mass is 260 g/mol. The third-order valence-electron chi connectivity index (χ3n) is 3.56. The standard InChI is InChI=1S/C15H17FN2O/c1-9(2)13(10-5-7-12(16)8-6-10)15-17-14(18-19-15)11-3-4-11/h5-9,11,13H,3-4H2,1-2H3/t13-/m0/s1. The van der Waals surface area contributed by atoms with Crippen molar-refractivity contribution in [1.29, 1.82) is 0 Å². The highest BCUT2D eigenvalue weighted by atomic mass is 19.1. The first kappa shape index (κ1) is 12.3. The smallest absolute Gasteiger partial charge is 0.234 e. The van der Waals surface area contributed by atoms with E-state index in [0.717, 1.165) is 24.2 Å². The summed E-state index contributed by atoms with van der Waals surface area (Å²) in [5, 5.41) is 4.06. The highest BCUT2D eigenvalue weighted by Gasteiger charge is 2.31. The number of nitrogens with zero attached hydrogens (tertiary/aromatic N) is 2. The Kier molecular flexibility index (Phi) is 3.09. The molecule has 1 atom stereocenters. The summed E-state index contributed by atoms with van der Waals surface area (Å²) in [6.07, 6.45) is 2.31. The summed E-state index contributed by atoms with van der Waals surface area (Å²) in [6.45, 7) is 4.21. The fraction of sp³-hybridized carbons (Fsp3) is 0.467. The SMILES string of the molecule is CC(C)[C@@H](c1ccc(F)cc1)c1nc(C2CC2)no1.